The fraction of sp³-hybridized carbons (Fsp3) is 0.375. The van der Waals surface area contributed by atoms with Gasteiger partial charge in [-0.1, -0.05) is 6.07 Å². The Kier molecular flexibility index (Phi) is 3.31. The second-order valence-electron chi connectivity index (χ2n) is 5.58. The zero-order valence-corrected chi connectivity index (χ0v) is 12.1. The van der Waals surface area contributed by atoms with Crippen molar-refractivity contribution in [2.45, 2.75) is 18.4 Å². The van der Waals surface area contributed by atoms with Crippen molar-refractivity contribution in [3.63, 3.8) is 0 Å². The Labute approximate surface area is 128 Å². The molecule has 1 N–H and O–H groups in total. The summed E-state index contributed by atoms with van der Waals surface area (Å²) in [5.41, 5.74) is 1.09. The number of hydrogen-bond acceptors (Lipinski definition) is 6. The molecule has 1 saturated heterocycles. The zero-order valence-electron chi connectivity index (χ0n) is 12.1. The number of hydrogen-bond donors (Lipinski definition) is 1. The van der Waals surface area contributed by atoms with Gasteiger partial charge in [-0.15, -0.1) is 0 Å². The molecular weight excluding hydrogens is 282 g/mol. The monoisotopic (exact) mass is 299 g/mol. The molecule has 0 amide bonds. The largest absolute Gasteiger partial charge is 0.454 e. The van der Waals surface area contributed by atoms with Gasteiger partial charge in [-0.3, -0.25) is 4.98 Å². The van der Waals surface area contributed by atoms with Gasteiger partial charge in [0.25, 0.3) is 0 Å². The predicted molar refractivity (Wildman–Crippen MR) is 80.2 cm³/mol. The third-order valence-electron chi connectivity index (χ3n) is 4.28. The number of fused-ring (bicyclic) bond motifs is 1. The summed E-state index contributed by atoms with van der Waals surface area (Å²) in [5.74, 6) is 2.45. The van der Waals surface area contributed by atoms with Crippen LogP contribution in [0, 0.1) is 0 Å². The van der Waals surface area contributed by atoms with Crippen molar-refractivity contribution in [3.8, 4) is 11.5 Å². The van der Waals surface area contributed by atoms with E-state index in [0.717, 1.165) is 35.8 Å². The van der Waals surface area contributed by atoms with Crippen LogP contribution in [-0.2, 0) is 0 Å². The number of aliphatic hydroxyl groups excluding tert-OH is 1. The fourth-order valence-electron chi connectivity index (χ4n) is 3.13. The summed E-state index contributed by atoms with van der Waals surface area (Å²) in [5, 5.41) is 10.5. The van der Waals surface area contributed by atoms with Crippen LogP contribution in [0.4, 0.5) is 5.82 Å². The number of anilines is 1. The van der Waals surface area contributed by atoms with Crippen molar-refractivity contribution < 1.29 is 14.6 Å². The molecule has 0 unspecified atom stereocenters. The smallest absolute Gasteiger partial charge is 0.231 e. The average molecular weight is 299 g/mol. The molecule has 1 aromatic carbocycles. The lowest BCUT2D eigenvalue weighted by Crippen LogP contribution is -2.43. The Morgan fingerprint density at radius 3 is 2.91 bits per heavy atom. The maximum absolute atomic E-state index is 10.5. The molecule has 2 aliphatic heterocycles. The van der Waals surface area contributed by atoms with E-state index >= 15 is 0 Å². The second kappa shape index (κ2) is 5.46. The summed E-state index contributed by atoms with van der Waals surface area (Å²) < 4.78 is 10.8. The SMILES string of the molecule is O[C@@H]1CN(c2cnccn2)CC[C@H]1c1ccc2c(c1)OCO2. The summed E-state index contributed by atoms with van der Waals surface area (Å²) in [7, 11) is 0. The highest BCUT2D eigenvalue weighted by molar-refractivity contribution is 5.46. The predicted octanol–water partition coefficient (Wildman–Crippen LogP) is 1.56. The van der Waals surface area contributed by atoms with Crippen LogP contribution in [0.2, 0.25) is 0 Å². The number of aromatic nitrogens is 2. The average Bonchev–Trinajstić information content (AvgIpc) is 3.03. The minimum Gasteiger partial charge on any atom is -0.454 e. The van der Waals surface area contributed by atoms with Crippen LogP contribution < -0.4 is 14.4 Å². The summed E-state index contributed by atoms with van der Waals surface area (Å²) in [4.78, 5) is 10.5. The molecule has 2 atom stereocenters. The molecular formula is C16H17N3O3. The molecule has 2 aromatic rings. The number of ether oxygens (including phenoxy) is 2. The zero-order chi connectivity index (χ0) is 14.9. The van der Waals surface area contributed by atoms with E-state index in [9.17, 15) is 5.11 Å². The van der Waals surface area contributed by atoms with E-state index < -0.39 is 6.10 Å². The third-order valence-corrected chi connectivity index (χ3v) is 4.28. The van der Waals surface area contributed by atoms with E-state index in [2.05, 4.69) is 14.9 Å². The molecule has 4 rings (SSSR count). The van der Waals surface area contributed by atoms with Gasteiger partial charge in [0.2, 0.25) is 6.79 Å². The Morgan fingerprint density at radius 2 is 2.09 bits per heavy atom. The summed E-state index contributed by atoms with van der Waals surface area (Å²) >= 11 is 0. The highest BCUT2D eigenvalue weighted by Gasteiger charge is 2.30. The second-order valence-corrected chi connectivity index (χ2v) is 5.58. The molecule has 0 radical (unpaired) electrons. The van der Waals surface area contributed by atoms with Gasteiger partial charge in [0.05, 0.1) is 12.3 Å². The van der Waals surface area contributed by atoms with Crippen molar-refractivity contribution in [3.05, 3.63) is 42.4 Å². The van der Waals surface area contributed by atoms with E-state index in [0.29, 0.717) is 6.54 Å². The molecule has 22 heavy (non-hydrogen) atoms. The topological polar surface area (TPSA) is 67.7 Å². The van der Waals surface area contributed by atoms with Gasteiger partial charge in [-0.25, -0.2) is 4.98 Å². The van der Waals surface area contributed by atoms with Crippen LogP contribution in [0.1, 0.15) is 17.9 Å². The Hall–Kier alpha value is -2.34. The van der Waals surface area contributed by atoms with Crippen LogP contribution in [0.15, 0.2) is 36.8 Å². The number of β-amino-alcohol motifs (C(OH)–C–C–N with tert-alkyl or cyclic N) is 1. The molecule has 0 spiro atoms. The van der Waals surface area contributed by atoms with Crippen LogP contribution in [0.5, 0.6) is 11.5 Å². The highest BCUT2D eigenvalue weighted by Crippen LogP contribution is 2.37. The first-order valence-electron chi connectivity index (χ1n) is 7.40. The summed E-state index contributed by atoms with van der Waals surface area (Å²) in [6.45, 7) is 1.67. The molecule has 114 valence electrons. The summed E-state index contributed by atoms with van der Waals surface area (Å²) in [6.07, 6.45) is 5.46. The standard InChI is InChI=1S/C16H17N3O3/c20-13-9-19(16-8-17-4-5-18-16)6-3-12(13)11-1-2-14-15(7-11)22-10-21-14/h1-2,4-5,7-8,12-13,20H,3,6,9-10H2/t12-,13+/m0/s1. The molecule has 2 aliphatic rings. The van der Waals surface area contributed by atoms with Crippen LogP contribution in [0.25, 0.3) is 0 Å². The quantitative estimate of drug-likeness (QED) is 0.907. The molecule has 3 heterocycles. The summed E-state index contributed by atoms with van der Waals surface area (Å²) in [6, 6.07) is 5.91. The number of nitrogens with zero attached hydrogens (tertiary/aromatic N) is 3. The number of piperidine rings is 1. The molecule has 0 aliphatic carbocycles. The van der Waals surface area contributed by atoms with Crippen molar-refractivity contribution in [2.24, 2.45) is 0 Å². The van der Waals surface area contributed by atoms with E-state index in [1.807, 2.05) is 18.2 Å². The van der Waals surface area contributed by atoms with E-state index in [1.165, 1.54) is 0 Å². The maximum atomic E-state index is 10.5. The Bertz CT molecular complexity index is 665. The third kappa shape index (κ3) is 2.35. The lowest BCUT2D eigenvalue weighted by Gasteiger charge is -2.36. The van der Waals surface area contributed by atoms with Gasteiger partial charge in [0.15, 0.2) is 11.5 Å². The molecule has 6 heteroatoms. The minimum absolute atomic E-state index is 0.0995. The minimum atomic E-state index is -0.448. The van der Waals surface area contributed by atoms with Gasteiger partial charge in [-0.05, 0) is 24.1 Å². The Morgan fingerprint density at radius 1 is 1.18 bits per heavy atom. The van der Waals surface area contributed by atoms with Crippen molar-refractivity contribution in [2.75, 3.05) is 24.8 Å². The van der Waals surface area contributed by atoms with Gasteiger partial charge in [-0.2, -0.15) is 0 Å². The van der Waals surface area contributed by atoms with Crippen LogP contribution >= 0.6 is 0 Å². The molecule has 0 bridgehead atoms. The number of benzene rings is 1. The van der Waals surface area contributed by atoms with Gasteiger partial charge in [0.1, 0.15) is 5.82 Å². The molecule has 1 aromatic heterocycles. The molecule has 6 nitrogen and oxygen atoms in total. The maximum Gasteiger partial charge on any atom is 0.231 e. The fourth-order valence-corrected chi connectivity index (χ4v) is 3.13. The van der Waals surface area contributed by atoms with Crippen molar-refractivity contribution in [1.82, 2.24) is 9.97 Å². The molecule has 1 fully saturated rings. The van der Waals surface area contributed by atoms with E-state index in [1.54, 1.807) is 18.6 Å². The van der Waals surface area contributed by atoms with Gasteiger partial charge >= 0.3 is 0 Å². The lowest BCUT2D eigenvalue weighted by atomic mass is 9.87. The molecule has 0 saturated carbocycles. The van der Waals surface area contributed by atoms with Crippen molar-refractivity contribution >= 4 is 5.82 Å². The normalized spacial score (nSPS) is 23.6. The van der Waals surface area contributed by atoms with Crippen molar-refractivity contribution in [1.29, 1.82) is 0 Å². The lowest BCUT2D eigenvalue weighted by molar-refractivity contribution is 0.129. The number of aliphatic hydroxyl groups is 1. The first-order valence-corrected chi connectivity index (χ1v) is 7.40. The van der Waals surface area contributed by atoms with Crippen LogP contribution in [-0.4, -0.2) is 41.1 Å². The first-order chi connectivity index (χ1) is 10.8. The first kappa shape index (κ1) is 13.3. The number of rotatable bonds is 2. The highest BCUT2D eigenvalue weighted by atomic mass is 16.7. The van der Waals surface area contributed by atoms with Gasteiger partial charge < -0.3 is 19.5 Å². The Balaban J connectivity index is 1.51. The van der Waals surface area contributed by atoms with E-state index in [-0.39, 0.29) is 12.7 Å². The van der Waals surface area contributed by atoms with E-state index in [4.69, 9.17) is 9.47 Å². The van der Waals surface area contributed by atoms with Crippen LogP contribution in [0.3, 0.4) is 0 Å². The van der Waals surface area contributed by atoms with Gasteiger partial charge in [0, 0.05) is 31.4 Å².